The molecule has 0 aliphatic carbocycles. The van der Waals surface area contributed by atoms with Crippen LogP contribution in [0.3, 0.4) is 0 Å². The number of fused-ring (bicyclic) bond motifs is 1. The van der Waals surface area contributed by atoms with E-state index in [9.17, 15) is 4.79 Å². The summed E-state index contributed by atoms with van der Waals surface area (Å²) in [7, 11) is 1.82. The molecule has 0 unspecified atom stereocenters. The highest BCUT2D eigenvalue weighted by Crippen LogP contribution is 2.21. The largest absolute Gasteiger partial charge is 0.480 e. The standard InChI is InChI=1S/C14H17ClN2O2/c1-3-13(14(18)19)17(2)8-11-7-9-6-10(15)4-5-12(9)16-11/h4-7,13,16H,3,8H2,1-2H3,(H,18,19)/t13-/m1/s1. The second-order valence-corrected chi connectivity index (χ2v) is 5.14. The van der Waals surface area contributed by atoms with E-state index in [0.717, 1.165) is 16.6 Å². The van der Waals surface area contributed by atoms with Gasteiger partial charge in [0, 0.05) is 28.2 Å². The molecule has 4 nitrogen and oxygen atoms in total. The number of aromatic amines is 1. The smallest absolute Gasteiger partial charge is 0.320 e. The van der Waals surface area contributed by atoms with Crippen molar-refractivity contribution in [1.82, 2.24) is 9.88 Å². The third-order valence-corrected chi connectivity index (χ3v) is 3.50. The van der Waals surface area contributed by atoms with E-state index in [1.165, 1.54) is 0 Å². The fourth-order valence-corrected chi connectivity index (χ4v) is 2.48. The van der Waals surface area contributed by atoms with Crippen LogP contribution in [0, 0.1) is 0 Å². The first-order valence-corrected chi connectivity index (χ1v) is 6.59. The van der Waals surface area contributed by atoms with Gasteiger partial charge in [0.1, 0.15) is 6.04 Å². The first-order valence-electron chi connectivity index (χ1n) is 6.21. The summed E-state index contributed by atoms with van der Waals surface area (Å²) in [5, 5.41) is 10.9. The predicted octanol–water partition coefficient (Wildman–Crippen LogP) is 3.12. The summed E-state index contributed by atoms with van der Waals surface area (Å²) in [6.07, 6.45) is 0.581. The third-order valence-electron chi connectivity index (χ3n) is 3.26. The van der Waals surface area contributed by atoms with Crippen LogP contribution in [-0.2, 0) is 11.3 Å². The molecule has 102 valence electrons. The number of carboxylic acid groups (broad SMARTS) is 1. The Morgan fingerprint density at radius 3 is 2.84 bits per heavy atom. The highest BCUT2D eigenvalue weighted by molar-refractivity contribution is 6.31. The number of hydrogen-bond donors (Lipinski definition) is 2. The van der Waals surface area contributed by atoms with Crippen LogP contribution in [0.15, 0.2) is 24.3 Å². The first-order chi connectivity index (χ1) is 9.01. The van der Waals surface area contributed by atoms with Gasteiger partial charge in [-0.25, -0.2) is 0 Å². The maximum Gasteiger partial charge on any atom is 0.320 e. The molecule has 0 saturated carbocycles. The highest BCUT2D eigenvalue weighted by atomic mass is 35.5. The number of aromatic nitrogens is 1. The van der Waals surface area contributed by atoms with Crippen LogP contribution in [-0.4, -0.2) is 34.0 Å². The summed E-state index contributed by atoms with van der Waals surface area (Å²) in [4.78, 5) is 16.2. The second kappa shape index (κ2) is 5.63. The van der Waals surface area contributed by atoms with Crippen LogP contribution in [0.1, 0.15) is 19.0 Å². The van der Waals surface area contributed by atoms with E-state index in [4.69, 9.17) is 16.7 Å². The Kier molecular flexibility index (Phi) is 4.12. The summed E-state index contributed by atoms with van der Waals surface area (Å²) < 4.78 is 0. The number of nitrogens with zero attached hydrogens (tertiary/aromatic N) is 1. The van der Waals surface area contributed by atoms with Gasteiger partial charge in [-0.3, -0.25) is 9.69 Å². The van der Waals surface area contributed by atoms with Crippen LogP contribution in [0.4, 0.5) is 0 Å². The lowest BCUT2D eigenvalue weighted by Crippen LogP contribution is -2.37. The van der Waals surface area contributed by atoms with E-state index in [1.54, 1.807) is 0 Å². The Bertz CT molecular complexity index is 594. The molecular formula is C14H17ClN2O2. The number of benzene rings is 1. The van der Waals surface area contributed by atoms with Gasteiger partial charge in [-0.15, -0.1) is 0 Å². The van der Waals surface area contributed by atoms with Crippen LogP contribution >= 0.6 is 11.6 Å². The van der Waals surface area contributed by atoms with Gasteiger partial charge < -0.3 is 10.1 Å². The fourth-order valence-electron chi connectivity index (χ4n) is 2.30. The van der Waals surface area contributed by atoms with Gasteiger partial charge >= 0.3 is 5.97 Å². The van der Waals surface area contributed by atoms with E-state index >= 15 is 0 Å². The lowest BCUT2D eigenvalue weighted by atomic mass is 10.2. The molecule has 0 aliphatic heterocycles. The maximum atomic E-state index is 11.1. The van der Waals surface area contributed by atoms with Crippen molar-refractivity contribution in [2.45, 2.75) is 25.9 Å². The van der Waals surface area contributed by atoms with E-state index in [1.807, 2.05) is 43.1 Å². The normalized spacial score (nSPS) is 13.1. The zero-order valence-electron chi connectivity index (χ0n) is 11.0. The number of H-pyrrole nitrogens is 1. The maximum absolute atomic E-state index is 11.1. The second-order valence-electron chi connectivity index (χ2n) is 4.70. The number of nitrogens with one attached hydrogen (secondary N) is 1. The molecule has 1 atom stereocenters. The molecule has 0 aliphatic rings. The van der Waals surface area contributed by atoms with Gasteiger partial charge in [-0.2, -0.15) is 0 Å². The first kappa shape index (κ1) is 13.9. The molecule has 0 bridgehead atoms. The van der Waals surface area contributed by atoms with Gasteiger partial charge in [-0.05, 0) is 37.7 Å². The summed E-state index contributed by atoms with van der Waals surface area (Å²) in [5.74, 6) is -0.788. The number of aliphatic carboxylic acids is 1. The van der Waals surface area contributed by atoms with Gasteiger partial charge in [-0.1, -0.05) is 18.5 Å². The van der Waals surface area contributed by atoms with E-state index in [-0.39, 0.29) is 0 Å². The Labute approximate surface area is 117 Å². The molecule has 2 aromatic rings. The van der Waals surface area contributed by atoms with Gasteiger partial charge in [0.15, 0.2) is 0 Å². The molecule has 1 heterocycles. The van der Waals surface area contributed by atoms with Gasteiger partial charge in [0.25, 0.3) is 0 Å². The third kappa shape index (κ3) is 3.08. The summed E-state index contributed by atoms with van der Waals surface area (Å²) in [5.41, 5.74) is 2.00. The average Bonchev–Trinajstić information content (AvgIpc) is 2.70. The quantitative estimate of drug-likeness (QED) is 0.885. The summed E-state index contributed by atoms with van der Waals surface area (Å²) in [6.45, 7) is 2.44. The zero-order chi connectivity index (χ0) is 14.0. The number of carboxylic acids is 1. The SMILES string of the molecule is CC[C@H](C(=O)O)N(C)Cc1cc2cc(Cl)ccc2[nH]1. The van der Waals surface area contributed by atoms with Crippen molar-refractivity contribution in [3.8, 4) is 0 Å². The lowest BCUT2D eigenvalue weighted by Gasteiger charge is -2.22. The Hall–Kier alpha value is -1.52. The number of carbonyl (C=O) groups is 1. The van der Waals surface area contributed by atoms with Crippen LogP contribution in [0.2, 0.25) is 5.02 Å². The van der Waals surface area contributed by atoms with Crippen molar-refractivity contribution >= 4 is 28.5 Å². The average molecular weight is 281 g/mol. The molecule has 2 rings (SSSR count). The monoisotopic (exact) mass is 280 g/mol. The van der Waals surface area contributed by atoms with Crippen molar-refractivity contribution in [3.05, 3.63) is 35.0 Å². The van der Waals surface area contributed by atoms with Crippen LogP contribution in [0.5, 0.6) is 0 Å². The minimum atomic E-state index is -0.788. The topological polar surface area (TPSA) is 56.3 Å². The van der Waals surface area contributed by atoms with Crippen molar-refractivity contribution in [2.24, 2.45) is 0 Å². The van der Waals surface area contributed by atoms with Crippen molar-refractivity contribution in [2.75, 3.05) is 7.05 Å². The Morgan fingerprint density at radius 2 is 2.21 bits per heavy atom. The molecule has 1 aromatic heterocycles. The van der Waals surface area contributed by atoms with Crippen LogP contribution < -0.4 is 0 Å². The van der Waals surface area contributed by atoms with E-state index < -0.39 is 12.0 Å². The molecule has 2 N–H and O–H groups in total. The van der Waals surface area contributed by atoms with Gasteiger partial charge in [0.2, 0.25) is 0 Å². The minimum Gasteiger partial charge on any atom is -0.480 e. The zero-order valence-corrected chi connectivity index (χ0v) is 11.7. The number of rotatable bonds is 5. The number of hydrogen-bond acceptors (Lipinski definition) is 2. The number of halogens is 1. The highest BCUT2D eigenvalue weighted by Gasteiger charge is 2.20. The minimum absolute atomic E-state index is 0.463. The molecule has 19 heavy (non-hydrogen) atoms. The van der Waals surface area contributed by atoms with Crippen molar-refractivity contribution < 1.29 is 9.90 Å². The molecular weight excluding hydrogens is 264 g/mol. The lowest BCUT2D eigenvalue weighted by molar-refractivity contribution is -0.143. The van der Waals surface area contributed by atoms with Crippen LogP contribution in [0.25, 0.3) is 10.9 Å². The molecule has 0 saturated heterocycles. The summed E-state index contributed by atoms with van der Waals surface area (Å²) in [6, 6.07) is 7.20. The summed E-state index contributed by atoms with van der Waals surface area (Å²) >= 11 is 5.95. The van der Waals surface area contributed by atoms with Gasteiger partial charge in [0.05, 0.1) is 0 Å². The molecule has 0 amide bonds. The molecule has 0 spiro atoms. The Morgan fingerprint density at radius 1 is 1.47 bits per heavy atom. The van der Waals surface area contributed by atoms with Crippen molar-refractivity contribution in [3.63, 3.8) is 0 Å². The Balaban J connectivity index is 2.19. The van der Waals surface area contributed by atoms with E-state index in [0.29, 0.717) is 18.0 Å². The molecule has 0 fully saturated rings. The predicted molar refractivity (Wildman–Crippen MR) is 76.5 cm³/mol. The molecule has 5 heteroatoms. The van der Waals surface area contributed by atoms with Crippen molar-refractivity contribution in [1.29, 1.82) is 0 Å². The van der Waals surface area contributed by atoms with E-state index in [2.05, 4.69) is 4.98 Å². The molecule has 0 radical (unpaired) electrons. The number of likely N-dealkylation sites (N-methyl/N-ethyl adjacent to an activating group) is 1. The molecule has 1 aromatic carbocycles. The fraction of sp³-hybridized carbons (Fsp3) is 0.357.